The van der Waals surface area contributed by atoms with E-state index in [-0.39, 0.29) is 17.9 Å². The van der Waals surface area contributed by atoms with Crippen LogP contribution in [0.2, 0.25) is 0 Å². The van der Waals surface area contributed by atoms with Crippen LogP contribution in [0.1, 0.15) is 25.7 Å². The Balaban J connectivity index is 2.32. The summed E-state index contributed by atoms with van der Waals surface area (Å²) >= 11 is 3.20. The fraction of sp³-hybridized carbons (Fsp3) is 0.700. The molecule has 2 atom stereocenters. The molecule has 0 aromatic rings. The Bertz CT molecular complexity index is 230. The van der Waals surface area contributed by atoms with Gasteiger partial charge in [0.25, 0.3) is 0 Å². The molecule has 1 aliphatic rings. The number of hydrogen-bond donors (Lipinski definition) is 2. The second kappa shape index (κ2) is 5.51. The first kappa shape index (κ1) is 11.7. The van der Waals surface area contributed by atoms with E-state index in [0.717, 1.165) is 30.2 Å². The van der Waals surface area contributed by atoms with Crippen LogP contribution in [0, 0.1) is 5.92 Å². The number of amides is 1. The van der Waals surface area contributed by atoms with E-state index in [0.29, 0.717) is 6.54 Å². The number of carbonyl (C=O) groups is 1. The van der Waals surface area contributed by atoms with Gasteiger partial charge < -0.3 is 11.1 Å². The van der Waals surface area contributed by atoms with E-state index in [1.54, 1.807) is 0 Å². The summed E-state index contributed by atoms with van der Waals surface area (Å²) in [5.41, 5.74) is 5.81. The monoisotopic (exact) mass is 260 g/mol. The summed E-state index contributed by atoms with van der Waals surface area (Å²) in [6, 6.07) is 0.201. The Kier molecular flexibility index (Phi) is 4.62. The first-order valence-electron chi connectivity index (χ1n) is 4.96. The van der Waals surface area contributed by atoms with Crippen molar-refractivity contribution in [3.8, 4) is 0 Å². The van der Waals surface area contributed by atoms with Gasteiger partial charge in [0.05, 0.1) is 0 Å². The number of nitrogens with one attached hydrogen (secondary N) is 1. The van der Waals surface area contributed by atoms with Gasteiger partial charge in [0.2, 0.25) is 5.91 Å². The first-order valence-corrected chi connectivity index (χ1v) is 5.75. The van der Waals surface area contributed by atoms with Gasteiger partial charge in [-0.05, 0) is 19.3 Å². The zero-order valence-electron chi connectivity index (χ0n) is 8.26. The molecule has 1 amide bonds. The third kappa shape index (κ3) is 3.80. The summed E-state index contributed by atoms with van der Waals surface area (Å²) in [5, 5.41) is 2.83. The van der Waals surface area contributed by atoms with Gasteiger partial charge in [-0.2, -0.15) is 0 Å². The molecule has 3 nitrogen and oxygen atoms in total. The average molecular weight is 261 g/mol. The number of halogens is 1. The zero-order chi connectivity index (χ0) is 10.6. The summed E-state index contributed by atoms with van der Waals surface area (Å²) in [5.74, 6) is 0.214. The largest absolute Gasteiger partial charge is 0.351 e. The normalized spacial score (nSPS) is 27.0. The zero-order valence-corrected chi connectivity index (χ0v) is 9.85. The lowest BCUT2D eigenvalue weighted by Crippen LogP contribution is -2.38. The predicted octanol–water partition coefficient (Wildman–Crippen LogP) is 1.53. The van der Waals surface area contributed by atoms with Crippen LogP contribution in [-0.2, 0) is 4.79 Å². The fourth-order valence-electron chi connectivity index (χ4n) is 1.79. The molecule has 80 valence electrons. The lowest BCUT2D eigenvalue weighted by atomic mass is 9.85. The molecule has 1 aliphatic carbocycles. The van der Waals surface area contributed by atoms with E-state index in [2.05, 4.69) is 27.8 Å². The van der Waals surface area contributed by atoms with E-state index in [4.69, 9.17) is 5.73 Å². The lowest BCUT2D eigenvalue weighted by molar-refractivity contribution is -0.125. The summed E-state index contributed by atoms with van der Waals surface area (Å²) in [4.78, 5) is 11.6. The molecular formula is C10H17BrN2O. The number of carbonyl (C=O) groups excluding carboxylic acids is 1. The van der Waals surface area contributed by atoms with Gasteiger partial charge in [0.1, 0.15) is 0 Å². The van der Waals surface area contributed by atoms with Crippen molar-refractivity contribution in [3.05, 3.63) is 11.1 Å². The van der Waals surface area contributed by atoms with E-state index in [9.17, 15) is 4.79 Å². The van der Waals surface area contributed by atoms with Crippen molar-refractivity contribution in [2.75, 3.05) is 6.54 Å². The molecule has 0 aromatic heterocycles. The summed E-state index contributed by atoms with van der Waals surface area (Å²) in [7, 11) is 0. The highest BCUT2D eigenvalue weighted by molar-refractivity contribution is 9.11. The summed E-state index contributed by atoms with van der Waals surface area (Å²) < 4.78 is 0.797. The van der Waals surface area contributed by atoms with Crippen molar-refractivity contribution in [1.82, 2.24) is 5.32 Å². The Labute approximate surface area is 93.2 Å². The smallest absolute Gasteiger partial charge is 0.223 e. The highest BCUT2D eigenvalue weighted by Gasteiger charge is 2.24. The third-order valence-electron chi connectivity index (χ3n) is 2.54. The molecule has 1 rings (SSSR count). The predicted molar refractivity (Wildman–Crippen MR) is 61.0 cm³/mol. The van der Waals surface area contributed by atoms with E-state index in [1.165, 1.54) is 0 Å². The summed E-state index contributed by atoms with van der Waals surface area (Å²) in [6.45, 7) is 4.17. The first-order chi connectivity index (χ1) is 6.59. The van der Waals surface area contributed by atoms with Gasteiger partial charge in [-0.1, -0.05) is 28.9 Å². The number of nitrogens with two attached hydrogens (primary N) is 1. The summed E-state index contributed by atoms with van der Waals surface area (Å²) in [6.07, 6.45) is 3.90. The minimum atomic E-state index is 0.102. The third-order valence-corrected chi connectivity index (χ3v) is 2.82. The van der Waals surface area contributed by atoms with Crippen molar-refractivity contribution in [2.45, 2.75) is 31.7 Å². The van der Waals surface area contributed by atoms with E-state index in [1.807, 2.05) is 0 Å². The topological polar surface area (TPSA) is 55.1 Å². The Morgan fingerprint density at radius 1 is 1.57 bits per heavy atom. The standard InChI is InChI=1S/C10H17BrN2O/c1-7(11)6-13-10(14)8-3-2-4-9(12)5-8/h8-9H,1-6,12H2,(H,13,14). The van der Waals surface area contributed by atoms with Crippen LogP contribution in [0.5, 0.6) is 0 Å². The van der Waals surface area contributed by atoms with Crippen LogP contribution in [0.3, 0.4) is 0 Å². The van der Waals surface area contributed by atoms with Crippen molar-refractivity contribution in [3.63, 3.8) is 0 Å². The molecule has 0 heterocycles. The molecular weight excluding hydrogens is 244 g/mol. The minimum absolute atomic E-state index is 0.102. The number of rotatable bonds is 3. The molecule has 0 saturated heterocycles. The minimum Gasteiger partial charge on any atom is -0.351 e. The van der Waals surface area contributed by atoms with E-state index < -0.39 is 0 Å². The Morgan fingerprint density at radius 3 is 2.86 bits per heavy atom. The van der Waals surface area contributed by atoms with Crippen LogP contribution in [0.4, 0.5) is 0 Å². The van der Waals surface area contributed by atoms with Crippen molar-refractivity contribution in [2.24, 2.45) is 11.7 Å². The second-order valence-electron chi connectivity index (χ2n) is 3.86. The Hall–Kier alpha value is -0.350. The molecule has 0 bridgehead atoms. The fourth-order valence-corrected chi connectivity index (χ4v) is 1.93. The van der Waals surface area contributed by atoms with Crippen LogP contribution >= 0.6 is 15.9 Å². The molecule has 1 fully saturated rings. The van der Waals surface area contributed by atoms with Gasteiger partial charge in [-0.25, -0.2) is 0 Å². The molecule has 0 spiro atoms. The molecule has 2 unspecified atom stereocenters. The highest BCUT2D eigenvalue weighted by Crippen LogP contribution is 2.23. The molecule has 0 aromatic carbocycles. The number of hydrogen-bond acceptors (Lipinski definition) is 2. The maximum Gasteiger partial charge on any atom is 0.223 e. The van der Waals surface area contributed by atoms with Crippen LogP contribution < -0.4 is 11.1 Å². The van der Waals surface area contributed by atoms with Crippen molar-refractivity contribution < 1.29 is 4.79 Å². The maximum atomic E-state index is 11.6. The second-order valence-corrected chi connectivity index (χ2v) is 4.98. The van der Waals surface area contributed by atoms with Gasteiger partial charge >= 0.3 is 0 Å². The van der Waals surface area contributed by atoms with Crippen LogP contribution in [-0.4, -0.2) is 18.5 Å². The Morgan fingerprint density at radius 2 is 2.29 bits per heavy atom. The van der Waals surface area contributed by atoms with Crippen molar-refractivity contribution >= 4 is 21.8 Å². The molecule has 0 aliphatic heterocycles. The molecule has 1 saturated carbocycles. The molecule has 3 N–H and O–H groups in total. The lowest BCUT2D eigenvalue weighted by Gasteiger charge is -2.25. The van der Waals surface area contributed by atoms with Gasteiger partial charge in [-0.3, -0.25) is 4.79 Å². The molecule has 0 radical (unpaired) electrons. The van der Waals surface area contributed by atoms with Gasteiger partial charge in [-0.15, -0.1) is 0 Å². The quantitative estimate of drug-likeness (QED) is 0.809. The molecule has 4 heteroatoms. The van der Waals surface area contributed by atoms with E-state index >= 15 is 0 Å². The van der Waals surface area contributed by atoms with Crippen LogP contribution in [0.15, 0.2) is 11.1 Å². The van der Waals surface area contributed by atoms with Crippen molar-refractivity contribution in [1.29, 1.82) is 0 Å². The highest BCUT2D eigenvalue weighted by atomic mass is 79.9. The SMILES string of the molecule is C=C(Br)CNC(=O)C1CCCC(N)C1. The average Bonchev–Trinajstić information content (AvgIpc) is 2.14. The van der Waals surface area contributed by atoms with Crippen LogP contribution in [0.25, 0.3) is 0 Å². The maximum absolute atomic E-state index is 11.6. The van der Waals surface area contributed by atoms with Gasteiger partial charge in [0.15, 0.2) is 0 Å². The van der Waals surface area contributed by atoms with Gasteiger partial charge in [0, 0.05) is 23.0 Å². The molecule has 14 heavy (non-hydrogen) atoms.